The molecule has 16 heteroatoms. The second-order valence-electron chi connectivity index (χ2n) is 17.8. The molecule has 3 aromatic carbocycles. The van der Waals surface area contributed by atoms with E-state index in [0.29, 0.717) is 23.4 Å². The second-order valence-corrected chi connectivity index (χ2v) is 17.8. The normalized spacial score (nSPS) is 23.7. The Balaban J connectivity index is 0.872. The number of H-pyrrole nitrogens is 2. The first-order valence-corrected chi connectivity index (χ1v) is 21.1. The van der Waals surface area contributed by atoms with Crippen molar-refractivity contribution in [3.8, 4) is 22.4 Å². The van der Waals surface area contributed by atoms with Gasteiger partial charge >= 0.3 is 12.2 Å². The molecule has 3 aromatic heterocycles. The van der Waals surface area contributed by atoms with E-state index in [1.165, 1.54) is 7.11 Å². The number of likely N-dealkylation sites (tertiary alicyclic amines) is 2. The summed E-state index contributed by atoms with van der Waals surface area (Å²) in [6, 6.07) is 16.3. The number of alkyl carbamates (subject to hydrolysis) is 1. The number of rotatable bonds is 10. The highest BCUT2D eigenvalue weighted by molar-refractivity contribution is 5.90. The van der Waals surface area contributed by atoms with Gasteiger partial charge in [-0.2, -0.15) is 0 Å². The van der Waals surface area contributed by atoms with Crippen LogP contribution in [0, 0.1) is 23.7 Å². The molecule has 0 bridgehead atoms. The number of carbonyl (C=O) groups excluding carboxylic acids is 3. The van der Waals surface area contributed by atoms with Gasteiger partial charge in [0.15, 0.2) is 0 Å². The van der Waals surface area contributed by atoms with Gasteiger partial charge in [0.25, 0.3) is 0 Å². The summed E-state index contributed by atoms with van der Waals surface area (Å²) >= 11 is 0. The summed E-state index contributed by atoms with van der Waals surface area (Å²) in [4.78, 5) is 81.7. The summed E-state index contributed by atoms with van der Waals surface area (Å²) < 4.78 is 4.81. The molecule has 2 saturated heterocycles. The van der Waals surface area contributed by atoms with Crippen molar-refractivity contribution in [1.82, 2.24) is 50.3 Å². The van der Waals surface area contributed by atoms with E-state index in [0.717, 1.165) is 81.3 Å². The highest BCUT2D eigenvalue weighted by Crippen LogP contribution is 2.54. The van der Waals surface area contributed by atoms with Crippen LogP contribution in [-0.4, -0.2) is 100 Å². The van der Waals surface area contributed by atoms with Crippen LogP contribution in [-0.2, 0) is 14.3 Å². The molecule has 2 aliphatic carbocycles. The molecule has 4 aliphatic rings. The summed E-state index contributed by atoms with van der Waals surface area (Å²) in [5.41, 5.74) is 8.25. The Morgan fingerprint density at radius 2 is 1.18 bits per heavy atom. The molecule has 10 rings (SSSR count). The van der Waals surface area contributed by atoms with E-state index in [-0.39, 0.29) is 47.8 Å². The predicted octanol–water partition coefficient (Wildman–Crippen LogP) is 6.71. The van der Waals surface area contributed by atoms with Crippen LogP contribution in [0.15, 0.2) is 60.8 Å². The second kappa shape index (κ2) is 14.6. The average Bonchev–Trinajstić information content (AvgIpc) is 3.91. The number of carbonyl (C=O) groups is 4. The molecule has 61 heavy (non-hydrogen) atoms. The van der Waals surface area contributed by atoms with Crippen molar-refractivity contribution in [2.45, 2.75) is 89.6 Å². The van der Waals surface area contributed by atoms with Gasteiger partial charge < -0.3 is 40.2 Å². The third-order valence-electron chi connectivity index (χ3n) is 13.1. The molecule has 2 aliphatic heterocycles. The molecular weight excluding hydrogens is 777 g/mol. The number of amides is 4. The molecule has 5 N–H and O–H groups in total. The molecule has 314 valence electrons. The summed E-state index contributed by atoms with van der Waals surface area (Å²) in [6.07, 6.45) is 3.43. The molecular formula is C45H48N10O6. The highest BCUT2D eigenvalue weighted by Gasteiger charge is 2.57. The number of imidazole rings is 2. The molecule has 2 saturated carbocycles. The van der Waals surface area contributed by atoms with E-state index in [2.05, 4.69) is 20.6 Å². The lowest BCUT2D eigenvalue weighted by Gasteiger charge is -2.31. The number of nitrogens with one attached hydrogen (secondary N) is 4. The van der Waals surface area contributed by atoms with E-state index in [4.69, 9.17) is 24.7 Å². The SMILES string of the molecule is COC(=O)N[C@H](C(=O)N1[C@@H]2C[C@@H]2C[C@H]1c1nc2cc(-c3ccc4nc(-c5ccc6[nH]c([C@@H]7C[C@H]8C[C@H]8N7C(=O)[C@@H](NC(=O)O)C(C)C)nc6c5)cnc4c3)ccc2[nH]1)C(C)C. The Hall–Kier alpha value is -6.58. The minimum atomic E-state index is -1.21. The number of aromatic amines is 2. The molecule has 6 aromatic rings. The van der Waals surface area contributed by atoms with Crippen molar-refractivity contribution in [3.63, 3.8) is 0 Å². The molecule has 16 nitrogen and oxygen atoms in total. The maximum absolute atomic E-state index is 13.9. The Labute approximate surface area is 350 Å². The molecule has 0 spiro atoms. The number of benzene rings is 3. The van der Waals surface area contributed by atoms with Crippen LogP contribution >= 0.6 is 0 Å². The van der Waals surface area contributed by atoms with E-state index in [9.17, 15) is 24.3 Å². The largest absolute Gasteiger partial charge is 0.465 e. The van der Waals surface area contributed by atoms with Gasteiger partial charge in [0.1, 0.15) is 23.7 Å². The number of ether oxygens (including phenoxy) is 1. The molecule has 5 heterocycles. The molecule has 4 amide bonds. The van der Waals surface area contributed by atoms with Crippen LogP contribution in [0.3, 0.4) is 0 Å². The zero-order valence-electron chi connectivity index (χ0n) is 34.5. The number of carboxylic acid groups (broad SMARTS) is 1. The van der Waals surface area contributed by atoms with Gasteiger partial charge in [-0.1, -0.05) is 45.9 Å². The lowest BCUT2D eigenvalue weighted by atomic mass is 10.0. The predicted molar refractivity (Wildman–Crippen MR) is 226 cm³/mol. The van der Waals surface area contributed by atoms with E-state index >= 15 is 0 Å². The fourth-order valence-electron chi connectivity index (χ4n) is 9.74. The smallest absolute Gasteiger partial charge is 0.407 e. The molecule has 8 atom stereocenters. The van der Waals surface area contributed by atoms with Gasteiger partial charge in [-0.3, -0.25) is 14.6 Å². The Morgan fingerprint density at radius 3 is 1.72 bits per heavy atom. The monoisotopic (exact) mass is 824 g/mol. The van der Waals surface area contributed by atoms with E-state index in [1.807, 2.05) is 92.1 Å². The van der Waals surface area contributed by atoms with Gasteiger partial charge in [0.05, 0.1) is 64.2 Å². The van der Waals surface area contributed by atoms with Crippen LogP contribution in [0.4, 0.5) is 9.59 Å². The molecule has 0 radical (unpaired) electrons. The fraction of sp³-hybridized carbons (Fsp3) is 0.422. The zero-order valence-corrected chi connectivity index (χ0v) is 34.5. The summed E-state index contributed by atoms with van der Waals surface area (Å²) in [5, 5.41) is 14.6. The Bertz CT molecular complexity index is 2760. The van der Waals surface area contributed by atoms with Gasteiger partial charge in [-0.15, -0.1) is 0 Å². The number of fused-ring (bicyclic) bond motifs is 5. The van der Waals surface area contributed by atoms with Crippen molar-refractivity contribution in [2.75, 3.05) is 7.11 Å². The Kier molecular flexibility index (Phi) is 9.21. The van der Waals surface area contributed by atoms with E-state index in [1.54, 1.807) is 6.20 Å². The third kappa shape index (κ3) is 6.87. The quantitative estimate of drug-likeness (QED) is 0.0985. The first-order chi connectivity index (χ1) is 29.3. The average molecular weight is 825 g/mol. The van der Waals surface area contributed by atoms with Crippen LogP contribution in [0.2, 0.25) is 0 Å². The number of hydrogen-bond acceptors (Lipinski definition) is 9. The molecule has 4 fully saturated rings. The van der Waals surface area contributed by atoms with E-state index < -0.39 is 24.3 Å². The Morgan fingerprint density at radius 1 is 0.672 bits per heavy atom. The number of nitrogens with zero attached hydrogens (tertiary/aromatic N) is 6. The first kappa shape index (κ1) is 38.6. The fourth-order valence-corrected chi connectivity index (χ4v) is 9.74. The number of piperidine rings is 2. The third-order valence-corrected chi connectivity index (χ3v) is 13.1. The van der Waals surface area contributed by atoms with Crippen molar-refractivity contribution in [2.24, 2.45) is 23.7 Å². The minimum Gasteiger partial charge on any atom is -0.465 e. The van der Waals surface area contributed by atoms with Crippen LogP contribution < -0.4 is 10.6 Å². The van der Waals surface area contributed by atoms with Gasteiger partial charge in [0.2, 0.25) is 11.8 Å². The van der Waals surface area contributed by atoms with Crippen LogP contribution in [0.1, 0.15) is 77.1 Å². The zero-order chi connectivity index (χ0) is 42.4. The topological polar surface area (TPSA) is 211 Å². The number of methoxy groups -OCH3 is 1. The molecule has 0 unspecified atom stereocenters. The van der Waals surface area contributed by atoms with Gasteiger partial charge in [-0.05, 0) is 96.9 Å². The lowest BCUT2D eigenvalue weighted by Crippen LogP contribution is -2.52. The van der Waals surface area contributed by atoms with Crippen molar-refractivity contribution >= 4 is 57.1 Å². The number of hydrogen-bond donors (Lipinski definition) is 5. The summed E-state index contributed by atoms with van der Waals surface area (Å²) in [6.45, 7) is 7.53. The van der Waals surface area contributed by atoms with Gasteiger partial charge in [-0.25, -0.2) is 24.5 Å². The minimum absolute atomic E-state index is 0.104. The highest BCUT2D eigenvalue weighted by atomic mass is 16.5. The summed E-state index contributed by atoms with van der Waals surface area (Å²) in [7, 11) is 1.30. The lowest BCUT2D eigenvalue weighted by molar-refractivity contribution is -0.137. The number of aromatic nitrogens is 6. The van der Waals surface area contributed by atoms with Crippen molar-refractivity contribution in [1.29, 1.82) is 0 Å². The maximum atomic E-state index is 13.9. The van der Waals surface area contributed by atoms with Gasteiger partial charge in [0, 0.05) is 17.6 Å². The first-order valence-electron chi connectivity index (χ1n) is 21.1. The van der Waals surface area contributed by atoms with Crippen LogP contribution in [0.5, 0.6) is 0 Å². The summed E-state index contributed by atoms with van der Waals surface area (Å²) in [5.74, 6) is 1.63. The van der Waals surface area contributed by atoms with Crippen molar-refractivity contribution in [3.05, 3.63) is 72.4 Å². The maximum Gasteiger partial charge on any atom is 0.407 e. The standard InChI is InChI=1S/C45H48N10O6/c1-20(2)38(52-44(58)59)42(56)54-34-15-25(34)17-36(54)41-49-29-11-8-24(14-32(29)51-41)33-19-46-30-12-22(6-9-27(30)47-33)23-7-10-28-31(13-23)50-40(48-28)37-18-26-16-35(26)55(37)43(57)39(21(3)4)53-45(60)61-5/h6-14,19-21,25-26,34-39,52H,15-18H2,1-5H3,(H,48,50)(H,49,51)(H,53,60)(H,58,59)/t25-,26-,34-,35-,36+,37+,38+,39+/m1/s1. The van der Waals surface area contributed by atoms with Crippen molar-refractivity contribution < 1.29 is 29.0 Å². The van der Waals surface area contributed by atoms with Crippen LogP contribution in [0.25, 0.3) is 55.5 Å².